The molecule has 0 atom stereocenters. The number of hydrogen-bond acceptors (Lipinski definition) is 5. The van der Waals surface area contributed by atoms with Crippen molar-refractivity contribution in [2.75, 3.05) is 45.9 Å². The summed E-state index contributed by atoms with van der Waals surface area (Å²) in [5.41, 5.74) is 2.40. The van der Waals surface area contributed by atoms with Crippen molar-refractivity contribution in [3.8, 4) is 0 Å². The summed E-state index contributed by atoms with van der Waals surface area (Å²) in [5, 5.41) is 0. The van der Waals surface area contributed by atoms with Crippen LogP contribution in [0.3, 0.4) is 0 Å². The number of aryl methyl sites for hydroxylation is 2. The van der Waals surface area contributed by atoms with Gasteiger partial charge in [-0.3, -0.25) is 4.79 Å². The van der Waals surface area contributed by atoms with Gasteiger partial charge in [0.2, 0.25) is 15.9 Å². The van der Waals surface area contributed by atoms with E-state index in [2.05, 4.69) is 0 Å². The molecule has 1 aliphatic carbocycles. The van der Waals surface area contributed by atoms with Gasteiger partial charge in [-0.1, -0.05) is 6.07 Å². The first-order valence-electron chi connectivity index (χ1n) is 11.2. The number of hydrogen-bond donors (Lipinski definition) is 0. The van der Waals surface area contributed by atoms with Crippen LogP contribution >= 0.6 is 0 Å². The zero-order valence-electron chi connectivity index (χ0n) is 18.1. The predicted molar refractivity (Wildman–Crippen MR) is 115 cm³/mol. The van der Waals surface area contributed by atoms with Gasteiger partial charge in [-0.2, -0.15) is 4.31 Å². The highest BCUT2D eigenvalue weighted by molar-refractivity contribution is 7.89. The minimum Gasteiger partial charge on any atom is -0.450 e. The molecule has 0 unspecified atom stereocenters. The van der Waals surface area contributed by atoms with Gasteiger partial charge in [-0.15, -0.1) is 0 Å². The molecule has 0 radical (unpaired) electrons. The molecule has 2 saturated heterocycles. The van der Waals surface area contributed by atoms with Crippen molar-refractivity contribution in [1.82, 2.24) is 14.1 Å². The number of carbonyl (C=O) groups is 2. The Morgan fingerprint density at radius 3 is 2.29 bits per heavy atom. The van der Waals surface area contributed by atoms with Gasteiger partial charge in [0.1, 0.15) is 0 Å². The molecule has 9 heteroatoms. The lowest BCUT2D eigenvalue weighted by molar-refractivity contribution is -0.138. The van der Waals surface area contributed by atoms with Gasteiger partial charge in [-0.25, -0.2) is 13.2 Å². The number of rotatable bonds is 4. The molecule has 2 aliphatic heterocycles. The lowest BCUT2D eigenvalue weighted by Crippen LogP contribution is -2.53. The summed E-state index contributed by atoms with van der Waals surface area (Å²) in [6.45, 7) is 4.75. The van der Waals surface area contributed by atoms with E-state index in [0.717, 1.165) is 24.8 Å². The minimum absolute atomic E-state index is 0.0677. The van der Waals surface area contributed by atoms with Crippen LogP contribution in [0.5, 0.6) is 0 Å². The van der Waals surface area contributed by atoms with Gasteiger partial charge in [-0.05, 0) is 62.3 Å². The average molecular weight is 450 g/mol. The second-order valence-electron chi connectivity index (χ2n) is 8.47. The van der Waals surface area contributed by atoms with E-state index >= 15 is 0 Å². The molecule has 2 heterocycles. The molecule has 0 saturated carbocycles. The van der Waals surface area contributed by atoms with Gasteiger partial charge < -0.3 is 14.5 Å². The van der Waals surface area contributed by atoms with Gasteiger partial charge in [0.25, 0.3) is 0 Å². The lowest BCUT2D eigenvalue weighted by atomic mass is 9.96. The van der Waals surface area contributed by atoms with Crippen LogP contribution in [0, 0.1) is 5.92 Å². The first-order chi connectivity index (χ1) is 14.9. The summed E-state index contributed by atoms with van der Waals surface area (Å²) in [7, 11) is -3.53. The van der Waals surface area contributed by atoms with E-state index < -0.39 is 10.0 Å². The fourth-order valence-electron chi connectivity index (χ4n) is 4.78. The first-order valence-corrected chi connectivity index (χ1v) is 12.7. The number of amides is 2. The highest BCUT2D eigenvalue weighted by Gasteiger charge is 2.35. The molecular weight excluding hydrogens is 418 g/mol. The number of piperazine rings is 1. The largest absolute Gasteiger partial charge is 0.450 e. The van der Waals surface area contributed by atoms with Crippen LogP contribution in [0.2, 0.25) is 0 Å². The molecule has 0 bridgehead atoms. The molecule has 31 heavy (non-hydrogen) atoms. The van der Waals surface area contributed by atoms with Crippen LogP contribution < -0.4 is 0 Å². The van der Waals surface area contributed by atoms with Crippen molar-refractivity contribution in [1.29, 1.82) is 0 Å². The molecule has 8 nitrogen and oxygen atoms in total. The Kier molecular flexibility index (Phi) is 6.52. The third-order valence-electron chi connectivity index (χ3n) is 6.63. The Labute approximate surface area is 184 Å². The highest BCUT2D eigenvalue weighted by Crippen LogP contribution is 2.29. The van der Waals surface area contributed by atoms with Gasteiger partial charge in [0, 0.05) is 45.2 Å². The third-order valence-corrected chi connectivity index (χ3v) is 8.52. The maximum Gasteiger partial charge on any atom is 0.409 e. The van der Waals surface area contributed by atoms with Crippen molar-refractivity contribution < 1.29 is 22.7 Å². The predicted octanol–water partition coefficient (Wildman–Crippen LogP) is 1.88. The lowest BCUT2D eigenvalue weighted by Gasteiger charge is -2.38. The maximum atomic E-state index is 13.1. The summed E-state index contributed by atoms with van der Waals surface area (Å²) in [6.07, 6.45) is 3.78. The third kappa shape index (κ3) is 4.57. The van der Waals surface area contributed by atoms with Crippen molar-refractivity contribution in [2.45, 2.75) is 43.9 Å². The molecule has 4 rings (SSSR count). The van der Waals surface area contributed by atoms with Crippen molar-refractivity contribution >= 4 is 22.0 Å². The number of sulfonamides is 1. The molecule has 0 N–H and O–H groups in total. The van der Waals surface area contributed by atoms with Gasteiger partial charge in [0.05, 0.1) is 11.5 Å². The Morgan fingerprint density at radius 2 is 1.61 bits per heavy atom. The summed E-state index contributed by atoms with van der Waals surface area (Å²) in [6, 6.07) is 5.50. The van der Waals surface area contributed by atoms with Crippen LogP contribution in [-0.4, -0.2) is 80.4 Å². The number of fused-ring (bicyclic) bond motifs is 1. The first kappa shape index (κ1) is 22.1. The number of nitrogens with zero attached hydrogens (tertiary/aromatic N) is 3. The molecule has 1 aromatic rings. The molecule has 3 aliphatic rings. The Hall–Kier alpha value is -2.13. The van der Waals surface area contributed by atoms with E-state index in [4.69, 9.17) is 4.74 Å². The normalized spacial score (nSPS) is 20.5. The molecule has 2 amide bonds. The summed E-state index contributed by atoms with van der Waals surface area (Å²) in [5.74, 6) is -0.0984. The molecule has 1 aromatic carbocycles. The number of piperidine rings is 1. The van der Waals surface area contributed by atoms with E-state index in [1.54, 1.807) is 22.8 Å². The Morgan fingerprint density at radius 1 is 0.968 bits per heavy atom. The zero-order valence-corrected chi connectivity index (χ0v) is 18.9. The van der Waals surface area contributed by atoms with E-state index in [-0.39, 0.29) is 17.9 Å². The van der Waals surface area contributed by atoms with E-state index in [9.17, 15) is 18.0 Å². The Bertz CT molecular complexity index is 932. The topological polar surface area (TPSA) is 87.2 Å². The van der Waals surface area contributed by atoms with Crippen LogP contribution in [0.4, 0.5) is 4.79 Å². The van der Waals surface area contributed by atoms with Crippen LogP contribution in [0.15, 0.2) is 23.1 Å². The quantitative estimate of drug-likeness (QED) is 0.700. The van der Waals surface area contributed by atoms with Gasteiger partial charge in [0.15, 0.2) is 0 Å². The van der Waals surface area contributed by atoms with Crippen molar-refractivity contribution in [2.24, 2.45) is 5.92 Å². The molecular formula is C22H31N3O5S. The highest BCUT2D eigenvalue weighted by atomic mass is 32.2. The average Bonchev–Trinajstić information content (AvgIpc) is 3.27. The second-order valence-corrected chi connectivity index (χ2v) is 10.4. The fourth-order valence-corrected chi connectivity index (χ4v) is 6.30. The van der Waals surface area contributed by atoms with E-state index in [0.29, 0.717) is 63.6 Å². The number of carbonyl (C=O) groups excluding carboxylic acids is 2. The number of ether oxygens (including phenoxy) is 1. The SMILES string of the molecule is CCOC(=O)N1CCN(C(=O)C2CCN(S(=O)(=O)c3ccc4c(c3)CCC4)CC2)CC1. The van der Waals surface area contributed by atoms with Gasteiger partial charge >= 0.3 is 6.09 Å². The molecule has 0 aromatic heterocycles. The summed E-state index contributed by atoms with van der Waals surface area (Å²) < 4.78 is 32.7. The van der Waals surface area contributed by atoms with Crippen molar-refractivity contribution in [3.05, 3.63) is 29.3 Å². The zero-order chi connectivity index (χ0) is 22.0. The summed E-state index contributed by atoms with van der Waals surface area (Å²) >= 11 is 0. The smallest absolute Gasteiger partial charge is 0.409 e. The maximum absolute atomic E-state index is 13.1. The van der Waals surface area contributed by atoms with Crippen molar-refractivity contribution in [3.63, 3.8) is 0 Å². The Balaban J connectivity index is 1.31. The van der Waals surface area contributed by atoms with Crippen LogP contribution in [0.1, 0.15) is 37.3 Å². The van der Waals surface area contributed by atoms with E-state index in [1.807, 2.05) is 12.1 Å². The fraction of sp³-hybridized carbons (Fsp3) is 0.636. The second kappa shape index (κ2) is 9.16. The molecule has 170 valence electrons. The summed E-state index contributed by atoms with van der Waals surface area (Å²) in [4.78, 5) is 28.5. The number of benzene rings is 1. The van der Waals surface area contributed by atoms with E-state index in [1.165, 1.54) is 9.87 Å². The molecule has 2 fully saturated rings. The molecule has 0 spiro atoms. The van der Waals surface area contributed by atoms with Crippen LogP contribution in [-0.2, 0) is 32.4 Å². The van der Waals surface area contributed by atoms with Crippen LogP contribution in [0.25, 0.3) is 0 Å². The standard InChI is InChI=1S/C22H31N3O5S/c1-2-30-22(27)24-14-12-23(13-15-24)21(26)18-8-10-25(11-9-18)31(28,29)20-7-6-17-4-3-5-19(17)16-20/h6-7,16,18H,2-5,8-15H2,1H3. The minimum atomic E-state index is -3.53. The monoisotopic (exact) mass is 449 g/mol.